The van der Waals surface area contributed by atoms with Gasteiger partial charge in [-0.1, -0.05) is 5.16 Å². The Morgan fingerprint density at radius 3 is 3.24 bits per heavy atom. The predicted molar refractivity (Wildman–Crippen MR) is 83.0 cm³/mol. The largest absolute Gasteiger partial charge is 0.352 e. The van der Waals surface area contributed by atoms with Crippen LogP contribution in [0, 0.1) is 0 Å². The summed E-state index contributed by atoms with van der Waals surface area (Å²) in [6.45, 7) is 1.82. The van der Waals surface area contributed by atoms with E-state index in [2.05, 4.69) is 36.7 Å². The molecule has 0 spiro atoms. The van der Waals surface area contributed by atoms with Crippen LogP contribution in [0.4, 0.5) is 0 Å². The second-order valence-electron chi connectivity index (χ2n) is 4.90. The van der Waals surface area contributed by atoms with Crippen molar-refractivity contribution in [1.29, 1.82) is 0 Å². The molecule has 8 heteroatoms. The van der Waals surface area contributed by atoms with Crippen molar-refractivity contribution < 1.29 is 9.32 Å². The van der Waals surface area contributed by atoms with Crippen molar-refractivity contribution in [2.75, 3.05) is 13.1 Å². The minimum Gasteiger partial charge on any atom is -0.352 e. The lowest BCUT2D eigenvalue weighted by molar-refractivity contribution is -0.121. The van der Waals surface area contributed by atoms with Gasteiger partial charge in [-0.15, -0.1) is 11.3 Å². The maximum absolute atomic E-state index is 11.8. The lowest BCUT2D eigenvalue weighted by Gasteiger charge is -2.10. The van der Waals surface area contributed by atoms with E-state index in [1.54, 1.807) is 11.3 Å². The molecule has 0 radical (unpaired) electrons. The summed E-state index contributed by atoms with van der Waals surface area (Å²) >= 11 is 4.94. The van der Waals surface area contributed by atoms with Gasteiger partial charge >= 0.3 is 0 Å². The molecule has 1 fully saturated rings. The second-order valence-corrected chi connectivity index (χ2v) is 6.73. The van der Waals surface area contributed by atoms with Gasteiger partial charge in [-0.25, -0.2) is 0 Å². The molecule has 1 aliphatic heterocycles. The fourth-order valence-corrected chi connectivity index (χ4v) is 3.54. The number of thiophene rings is 1. The van der Waals surface area contributed by atoms with Crippen molar-refractivity contribution in [2.45, 2.75) is 25.3 Å². The van der Waals surface area contributed by atoms with Crippen LogP contribution in [0.25, 0.3) is 10.7 Å². The van der Waals surface area contributed by atoms with Crippen LogP contribution in [0.5, 0.6) is 0 Å². The molecule has 0 aromatic carbocycles. The maximum Gasteiger partial charge on any atom is 0.227 e. The van der Waals surface area contributed by atoms with Crippen molar-refractivity contribution in [3.63, 3.8) is 0 Å². The molecule has 1 saturated heterocycles. The van der Waals surface area contributed by atoms with Crippen molar-refractivity contribution >= 4 is 33.2 Å². The Bertz CT molecular complexity index is 621. The number of rotatable bonds is 5. The van der Waals surface area contributed by atoms with Crippen molar-refractivity contribution in [3.8, 4) is 10.7 Å². The van der Waals surface area contributed by atoms with Crippen LogP contribution < -0.4 is 10.6 Å². The van der Waals surface area contributed by atoms with E-state index < -0.39 is 0 Å². The fraction of sp³-hybridized carbons (Fsp3) is 0.462. The summed E-state index contributed by atoms with van der Waals surface area (Å²) in [6.07, 6.45) is 1.82. The smallest absolute Gasteiger partial charge is 0.227 e. The number of aromatic nitrogens is 2. The first-order chi connectivity index (χ1) is 10.2. The average Bonchev–Trinajstić information content (AvgIpc) is 3.17. The van der Waals surface area contributed by atoms with E-state index in [4.69, 9.17) is 4.52 Å². The summed E-state index contributed by atoms with van der Waals surface area (Å²) in [6, 6.07) is 2.19. The Kier molecular flexibility index (Phi) is 4.67. The van der Waals surface area contributed by atoms with E-state index in [9.17, 15) is 4.79 Å². The summed E-state index contributed by atoms with van der Waals surface area (Å²) in [4.78, 5) is 17.1. The Hall–Kier alpha value is -1.25. The van der Waals surface area contributed by atoms with E-state index in [1.807, 2.05) is 11.4 Å². The van der Waals surface area contributed by atoms with Crippen LogP contribution >= 0.6 is 27.3 Å². The Morgan fingerprint density at radius 1 is 1.62 bits per heavy atom. The highest BCUT2D eigenvalue weighted by Crippen LogP contribution is 2.27. The third-order valence-electron chi connectivity index (χ3n) is 3.25. The first-order valence-electron chi connectivity index (χ1n) is 6.78. The van der Waals surface area contributed by atoms with E-state index in [0.717, 1.165) is 28.9 Å². The Labute approximate surface area is 134 Å². The van der Waals surface area contributed by atoms with Crippen LogP contribution in [0.15, 0.2) is 20.4 Å². The standard InChI is InChI=1S/C13H15BrN4O2S/c14-8-5-10(21-7-8)13-17-12(20-18-13)2-1-11(19)16-9-3-4-15-6-9/h5,7,9,15H,1-4,6H2,(H,16,19). The number of carbonyl (C=O) groups excluding carboxylic acids is 1. The molecule has 112 valence electrons. The highest BCUT2D eigenvalue weighted by Gasteiger charge is 2.17. The van der Waals surface area contributed by atoms with E-state index >= 15 is 0 Å². The maximum atomic E-state index is 11.8. The molecular formula is C13H15BrN4O2S. The van der Waals surface area contributed by atoms with Gasteiger partial charge in [0, 0.05) is 35.3 Å². The van der Waals surface area contributed by atoms with Gasteiger partial charge in [-0.2, -0.15) is 4.98 Å². The number of amides is 1. The molecule has 0 aliphatic carbocycles. The summed E-state index contributed by atoms with van der Waals surface area (Å²) in [5.74, 6) is 1.10. The van der Waals surface area contributed by atoms with Gasteiger partial charge < -0.3 is 15.2 Å². The van der Waals surface area contributed by atoms with Gasteiger partial charge in [-0.3, -0.25) is 4.79 Å². The van der Waals surface area contributed by atoms with Gasteiger partial charge in [0.1, 0.15) is 0 Å². The van der Waals surface area contributed by atoms with Gasteiger partial charge in [0.2, 0.25) is 17.6 Å². The van der Waals surface area contributed by atoms with E-state index in [-0.39, 0.29) is 11.9 Å². The van der Waals surface area contributed by atoms with Gasteiger partial charge in [-0.05, 0) is 35.0 Å². The SMILES string of the molecule is O=C(CCc1nc(-c2cc(Br)cs2)no1)NC1CCNC1. The zero-order chi connectivity index (χ0) is 14.7. The number of hydrogen-bond acceptors (Lipinski definition) is 6. The van der Waals surface area contributed by atoms with Crippen LogP contribution in [0.1, 0.15) is 18.7 Å². The lowest BCUT2D eigenvalue weighted by Crippen LogP contribution is -2.36. The van der Waals surface area contributed by atoms with Gasteiger partial charge in [0.15, 0.2) is 0 Å². The minimum absolute atomic E-state index is 0.0299. The number of hydrogen-bond donors (Lipinski definition) is 2. The molecule has 21 heavy (non-hydrogen) atoms. The topological polar surface area (TPSA) is 80.0 Å². The molecule has 3 rings (SSSR count). The molecule has 2 N–H and O–H groups in total. The molecule has 6 nitrogen and oxygen atoms in total. The van der Waals surface area contributed by atoms with Crippen molar-refractivity contribution in [1.82, 2.24) is 20.8 Å². The summed E-state index contributed by atoms with van der Waals surface area (Å²) in [5, 5.41) is 12.1. The summed E-state index contributed by atoms with van der Waals surface area (Å²) in [7, 11) is 0. The minimum atomic E-state index is 0.0299. The molecule has 2 aromatic rings. The van der Waals surface area contributed by atoms with Crippen LogP contribution in [0.2, 0.25) is 0 Å². The predicted octanol–water partition coefficient (Wildman–Crippen LogP) is 1.97. The average molecular weight is 371 g/mol. The van der Waals surface area contributed by atoms with Gasteiger partial charge in [0.25, 0.3) is 0 Å². The number of aryl methyl sites for hydroxylation is 1. The summed E-state index contributed by atoms with van der Waals surface area (Å²) in [5.41, 5.74) is 0. The normalized spacial score (nSPS) is 18.0. The molecule has 1 unspecified atom stereocenters. The number of halogens is 1. The molecule has 0 bridgehead atoms. The molecule has 3 heterocycles. The van der Waals surface area contributed by atoms with E-state index in [0.29, 0.717) is 24.6 Å². The highest BCUT2D eigenvalue weighted by atomic mass is 79.9. The highest BCUT2D eigenvalue weighted by molar-refractivity contribution is 9.10. The van der Waals surface area contributed by atoms with Gasteiger partial charge in [0.05, 0.1) is 4.88 Å². The molecule has 2 aromatic heterocycles. The molecular weight excluding hydrogens is 356 g/mol. The molecule has 0 saturated carbocycles. The zero-order valence-electron chi connectivity index (χ0n) is 11.3. The molecule has 1 amide bonds. The van der Waals surface area contributed by atoms with Crippen LogP contribution in [-0.2, 0) is 11.2 Å². The van der Waals surface area contributed by atoms with E-state index in [1.165, 1.54) is 0 Å². The fourth-order valence-electron chi connectivity index (χ4n) is 2.18. The molecule has 1 atom stereocenters. The third kappa shape index (κ3) is 3.90. The summed E-state index contributed by atoms with van der Waals surface area (Å²) < 4.78 is 6.19. The Balaban J connectivity index is 1.51. The van der Waals surface area contributed by atoms with Crippen LogP contribution in [0.3, 0.4) is 0 Å². The number of nitrogens with zero attached hydrogens (tertiary/aromatic N) is 2. The second kappa shape index (κ2) is 6.67. The van der Waals surface area contributed by atoms with Crippen molar-refractivity contribution in [3.05, 3.63) is 21.8 Å². The van der Waals surface area contributed by atoms with Crippen LogP contribution in [-0.4, -0.2) is 35.2 Å². The molecule has 1 aliphatic rings. The Morgan fingerprint density at radius 2 is 2.52 bits per heavy atom. The number of nitrogens with one attached hydrogen (secondary N) is 2. The van der Waals surface area contributed by atoms with Crippen molar-refractivity contribution in [2.24, 2.45) is 0 Å². The number of carbonyl (C=O) groups is 1. The monoisotopic (exact) mass is 370 g/mol. The lowest BCUT2D eigenvalue weighted by atomic mass is 10.2. The zero-order valence-corrected chi connectivity index (χ0v) is 13.7. The first kappa shape index (κ1) is 14.7. The third-order valence-corrected chi connectivity index (χ3v) is 4.93. The quantitative estimate of drug-likeness (QED) is 0.840. The first-order valence-corrected chi connectivity index (χ1v) is 8.45.